The number of hydrogen-bond donors (Lipinski definition) is 0. The van der Waals surface area contributed by atoms with Crippen molar-refractivity contribution >= 4 is 5.91 Å². The summed E-state index contributed by atoms with van der Waals surface area (Å²) < 4.78 is 13.2. The summed E-state index contributed by atoms with van der Waals surface area (Å²) in [4.78, 5) is 32.2. The molecule has 6 nitrogen and oxygen atoms in total. The van der Waals surface area contributed by atoms with Gasteiger partial charge in [0.1, 0.15) is 11.5 Å². The Morgan fingerprint density at radius 2 is 1.93 bits per heavy atom. The molecule has 7 heteroatoms. The number of nitrogens with zero attached hydrogens (tertiary/aromatic N) is 5. The Morgan fingerprint density at radius 1 is 1.07 bits per heavy atom. The van der Waals surface area contributed by atoms with E-state index in [9.17, 15) is 9.18 Å². The van der Waals surface area contributed by atoms with Crippen LogP contribution in [-0.2, 0) is 6.42 Å². The number of halogens is 1. The molecule has 2 atom stereocenters. The van der Waals surface area contributed by atoms with Gasteiger partial charge in [-0.15, -0.1) is 0 Å². The third kappa shape index (κ3) is 2.66. The molecule has 2 aromatic heterocycles. The largest absolute Gasteiger partial charge is 0.327 e. The van der Waals surface area contributed by atoms with E-state index < -0.39 is 0 Å². The van der Waals surface area contributed by atoms with Crippen molar-refractivity contribution in [3.8, 4) is 11.4 Å². The lowest BCUT2D eigenvalue weighted by atomic mass is 9.98. The first-order chi connectivity index (χ1) is 13.2. The number of carbonyl (C=O) groups excluding carboxylic acids is 1. The summed E-state index contributed by atoms with van der Waals surface area (Å²) in [5.41, 5.74) is 3.11. The minimum Gasteiger partial charge on any atom is -0.327 e. The molecule has 0 unspecified atom stereocenters. The lowest BCUT2D eigenvalue weighted by molar-refractivity contribution is 0.0637. The van der Waals surface area contributed by atoms with Crippen molar-refractivity contribution in [2.24, 2.45) is 0 Å². The molecule has 0 aliphatic carbocycles. The monoisotopic (exact) mass is 361 g/mol. The van der Waals surface area contributed by atoms with Crippen molar-refractivity contribution in [2.45, 2.75) is 31.3 Å². The van der Waals surface area contributed by atoms with Crippen LogP contribution in [0.4, 0.5) is 4.39 Å². The number of hydrogen-bond acceptors (Lipinski definition) is 5. The highest BCUT2D eigenvalue weighted by Crippen LogP contribution is 2.43. The van der Waals surface area contributed by atoms with Crippen LogP contribution >= 0.6 is 0 Å². The molecule has 0 radical (unpaired) electrons. The summed E-state index contributed by atoms with van der Waals surface area (Å²) in [5.74, 6) is 0.207. The summed E-state index contributed by atoms with van der Waals surface area (Å²) in [6.07, 6.45) is 8.92. The summed E-state index contributed by atoms with van der Waals surface area (Å²) in [7, 11) is 0. The van der Waals surface area contributed by atoms with Gasteiger partial charge in [0.2, 0.25) is 0 Å². The van der Waals surface area contributed by atoms with Gasteiger partial charge in [-0.05, 0) is 37.1 Å². The van der Waals surface area contributed by atoms with Gasteiger partial charge in [0.25, 0.3) is 5.91 Å². The zero-order valence-corrected chi connectivity index (χ0v) is 14.4. The Balaban J connectivity index is 1.49. The number of carbonyl (C=O) groups is 1. The molecule has 5 rings (SSSR count). The van der Waals surface area contributed by atoms with Gasteiger partial charge in [-0.25, -0.2) is 19.3 Å². The lowest BCUT2D eigenvalue weighted by Crippen LogP contribution is -2.42. The number of amides is 1. The fraction of sp³-hybridized carbons (Fsp3) is 0.250. The average Bonchev–Trinajstić information content (AvgIpc) is 3.03. The molecule has 134 valence electrons. The zero-order valence-electron chi connectivity index (χ0n) is 14.4. The molecule has 0 saturated carbocycles. The number of fused-ring (bicyclic) bond motifs is 4. The fourth-order valence-corrected chi connectivity index (χ4v) is 4.07. The Bertz CT molecular complexity index is 1010. The molecule has 2 aliphatic heterocycles. The van der Waals surface area contributed by atoms with Gasteiger partial charge in [0.05, 0.1) is 17.9 Å². The van der Waals surface area contributed by atoms with E-state index in [0.29, 0.717) is 17.9 Å². The van der Waals surface area contributed by atoms with E-state index in [1.54, 1.807) is 18.3 Å². The maximum atomic E-state index is 13.2. The molecule has 2 aliphatic rings. The first kappa shape index (κ1) is 16.0. The van der Waals surface area contributed by atoms with E-state index in [2.05, 4.69) is 15.0 Å². The van der Waals surface area contributed by atoms with E-state index in [1.165, 1.54) is 24.5 Å². The predicted molar refractivity (Wildman–Crippen MR) is 95.1 cm³/mol. The minimum atomic E-state index is -0.284. The van der Waals surface area contributed by atoms with E-state index in [1.807, 2.05) is 11.1 Å². The second-order valence-electron chi connectivity index (χ2n) is 6.86. The first-order valence-electron chi connectivity index (χ1n) is 8.91. The summed E-state index contributed by atoms with van der Waals surface area (Å²) in [6, 6.07) is 6.24. The Kier molecular flexibility index (Phi) is 3.67. The highest BCUT2D eigenvalue weighted by atomic mass is 19.1. The minimum absolute atomic E-state index is 0.0319. The molecule has 3 aromatic rings. The fourth-order valence-electron chi connectivity index (χ4n) is 4.07. The van der Waals surface area contributed by atoms with Crippen LogP contribution in [0.15, 0.2) is 49.1 Å². The molecule has 0 spiro atoms. The molecule has 1 aromatic carbocycles. The van der Waals surface area contributed by atoms with Gasteiger partial charge in [-0.2, -0.15) is 0 Å². The molecular weight excluding hydrogens is 345 g/mol. The highest BCUT2D eigenvalue weighted by molar-refractivity contribution is 5.93. The Morgan fingerprint density at radius 3 is 2.70 bits per heavy atom. The van der Waals surface area contributed by atoms with Gasteiger partial charge in [-0.3, -0.25) is 9.78 Å². The van der Waals surface area contributed by atoms with Crippen molar-refractivity contribution in [3.05, 3.63) is 71.8 Å². The SMILES string of the molecule is O=C(c1cnccn1)N1[C@H]2CC[C@@H]1c1cnc(-c3ccc(F)cc3)nc1C2. The molecular formula is C20H16FN5O. The number of rotatable bonds is 2. The van der Waals surface area contributed by atoms with Crippen LogP contribution in [0.5, 0.6) is 0 Å². The van der Waals surface area contributed by atoms with E-state index in [-0.39, 0.29) is 23.8 Å². The second kappa shape index (κ2) is 6.19. The van der Waals surface area contributed by atoms with E-state index >= 15 is 0 Å². The normalized spacial score (nSPS) is 20.4. The molecule has 1 amide bonds. The van der Waals surface area contributed by atoms with Crippen LogP contribution < -0.4 is 0 Å². The van der Waals surface area contributed by atoms with Gasteiger partial charge >= 0.3 is 0 Å². The Hall–Kier alpha value is -3.22. The van der Waals surface area contributed by atoms with Crippen molar-refractivity contribution < 1.29 is 9.18 Å². The second-order valence-corrected chi connectivity index (χ2v) is 6.86. The van der Waals surface area contributed by atoms with Gasteiger partial charge in [0, 0.05) is 42.2 Å². The van der Waals surface area contributed by atoms with Crippen LogP contribution in [0.25, 0.3) is 11.4 Å². The molecule has 1 fully saturated rings. The summed E-state index contributed by atoms with van der Waals surface area (Å²) in [6.45, 7) is 0. The maximum Gasteiger partial charge on any atom is 0.274 e. The Labute approximate surface area is 155 Å². The third-order valence-corrected chi connectivity index (χ3v) is 5.31. The predicted octanol–water partition coefficient (Wildman–Crippen LogP) is 2.97. The van der Waals surface area contributed by atoms with E-state index in [4.69, 9.17) is 4.98 Å². The van der Waals surface area contributed by atoms with Crippen molar-refractivity contribution in [2.75, 3.05) is 0 Å². The van der Waals surface area contributed by atoms with Crippen LogP contribution in [0.1, 0.15) is 40.6 Å². The number of benzene rings is 1. The molecule has 4 heterocycles. The molecule has 27 heavy (non-hydrogen) atoms. The molecule has 0 N–H and O–H groups in total. The number of aromatic nitrogens is 4. The van der Waals surface area contributed by atoms with E-state index in [0.717, 1.165) is 29.7 Å². The first-order valence-corrected chi connectivity index (χ1v) is 8.91. The average molecular weight is 361 g/mol. The molecule has 2 bridgehead atoms. The standard InChI is InChI=1S/C20H16FN5O/c21-13-3-1-12(2-4-13)19-24-10-15-16(25-19)9-14-5-6-18(15)26(14)20(27)17-11-22-7-8-23-17/h1-4,7-8,10-11,14,18H,5-6,9H2/t14-,18+/m0/s1. The highest BCUT2D eigenvalue weighted by Gasteiger charge is 2.44. The van der Waals surface area contributed by atoms with Crippen LogP contribution in [-0.4, -0.2) is 36.8 Å². The quantitative estimate of drug-likeness (QED) is 0.702. The molecule has 1 saturated heterocycles. The van der Waals surface area contributed by atoms with Gasteiger partial charge in [-0.1, -0.05) is 0 Å². The smallest absolute Gasteiger partial charge is 0.274 e. The zero-order chi connectivity index (χ0) is 18.4. The van der Waals surface area contributed by atoms with Crippen LogP contribution in [0.2, 0.25) is 0 Å². The van der Waals surface area contributed by atoms with Crippen molar-refractivity contribution in [1.82, 2.24) is 24.8 Å². The summed E-state index contributed by atoms with van der Waals surface area (Å²) in [5, 5.41) is 0. The maximum absolute atomic E-state index is 13.2. The third-order valence-electron chi connectivity index (χ3n) is 5.31. The van der Waals surface area contributed by atoms with Crippen molar-refractivity contribution in [3.63, 3.8) is 0 Å². The van der Waals surface area contributed by atoms with Crippen molar-refractivity contribution in [1.29, 1.82) is 0 Å². The van der Waals surface area contributed by atoms with Gasteiger partial charge < -0.3 is 4.90 Å². The van der Waals surface area contributed by atoms with Gasteiger partial charge in [0.15, 0.2) is 5.82 Å². The van der Waals surface area contributed by atoms with Crippen LogP contribution in [0.3, 0.4) is 0 Å². The summed E-state index contributed by atoms with van der Waals surface area (Å²) >= 11 is 0. The topological polar surface area (TPSA) is 71.9 Å². The van der Waals surface area contributed by atoms with Crippen LogP contribution in [0, 0.1) is 5.82 Å². The lowest BCUT2D eigenvalue weighted by Gasteiger charge is -2.35.